The highest BCUT2D eigenvalue weighted by molar-refractivity contribution is 4.56. The van der Waals surface area contributed by atoms with Crippen molar-refractivity contribution in [3.05, 3.63) is 0 Å². The molecule has 0 bridgehead atoms. The molecule has 0 atom stereocenters. The van der Waals surface area contributed by atoms with Gasteiger partial charge in [-0.1, -0.05) is 13.3 Å². The van der Waals surface area contributed by atoms with E-state index >= 15 is 0 Å². The third-order valence-corrected chi connectivity index (χ3v) is 1.74. The SMILES string of the molecule is CCCCNCCCNCC(F)(F)F. The van der Waals surface area contributed by atoms with Gasteiger partial charge in [0.15, 0.2) is 0 Å². The van der Waals surface area contributed by atoms with Gasteiger partial charge in [-0.3, -0.25) is 0 Å². The van der Waals surface area contributed by atoms with Gasteiger partial charge in [-0.25, -0.2) is 0 Å². The summed E-state index contributed by atoms with van der Waals surface area (Å²) < 4.78 is 35.0. The van der Waals surface area contributed by atoms with Gasteiger partial charge < -0.3 is 10.6 Å². The van der Waals surface area contributed by atoms with Crippen molar-refractivity contribution in [2.75, 3.05) is 26.2 Å². The largest absolute Gasteiger partial charge is 0.401 e. The number of unbranched alkanes of at least 4 members (excludes halogenated alkanes) is 1. The lowest BCUT2D eigenvalue weighted by Crippen LogP contribution is -2.31. The molecule has 2 nitrogen and oxygen atoms in total. The Labute approximate surface area is 83.3 Å². The van der Waals surface area contributed by atoms with Crippen LogP contribution >= 0.6 is 0 Å². The third-order valence-electron chi connectivity index (χ3n) is 1.74. The summed E-state index contributed by atoms with van der Waals surface area (Å²) in [5.41, 5.74) is 0. The molecule has 5 heteroatoms. The minimum atomic E-state index is -4.09. The van der Waals surface area contributed by atoms with Gasteiger partial charge >= 0.3 is 6.18 Å². The second-order valence-electron chi connectivity index (χ2n) is 3.25. The van der Waals surface area contributed by atoms with Gasteiger partial charge in [0, 0.05) is 0 Å². The molecule has 0 amide bonds. The predicted molar refractivity (Wildman–Crippen MR) is 51.3 cm³/mol. The van der Waals surface area contributed by atoms with E-state index in [0.29, 0.717) is 6.54 Å². The van der Waals surface area contributed by atoms with Crippen LogP contribution in [0.1, 0.15) is 26.2 Å². The van der Waals surface area contributed by atoms with Crippen LogP contribution in [-0.2, 0) is 0 Å². The number of halogens is 3. The topological polar surface area (TPSA) is 24.1 Å². The van der Waals surface area contributed by atoms with E-state index in [2.05, 4.69) is 17.6 Å². The second-order valence-corrected chi connectivity index (χ2v) is 3.25. The van der Waals surface area contributed by atoms with Gasteiger partial charge in [0.05, 0.1) is 6.54 Å². The maximum atomic E-state index is 11.7. The smallest absolute Gasteiger partial charge is 0.317 e. The molecule has 86 valence electrons. The number of hydrogen-bond donors (Lipinski definition) is 2. The van der Waals surface area contributed by atoms with Crippen molar-refractivity contribution < 1.29 is 13.2 Å². The number of hydrogen-bond acceptors (Lipinski definition) is 2. The summed E-state index contributed by atoms with van der Waals surface area (Å²) in [7, 11) is 0. The summed E-state index contributed by atoms with van der Waals surface area (Å²) in [6.07, 6.45) is -1.09. The highest BCUT2D eigenvalue weighted by atomic mass is 19.4. The quantitative estimate of drug-likeness (QED) is 0.601. The summed E-state index contributed by atoms with van der Waals surface area (Å²) in [4.78, 5) is 0. The molecule has 0 spiro atoms. The Hall–Kier alpha value is -0.290. The van der Waals surface area contributed by atoms with Gasteiger partial charge in [-0.15, -0.1) is 0 Å². The molecule has 2 N–H and O–H groups in total. The van der Waals surface area contributed by atoms with Crippen molar-refractivity contribution in [1.82, 2.24) is 10.6 Å². The summed E-state index contributed by atoms with van der Waals surface area (Å²) in [5, 5.41) is 5.51. The van der Waals surface area contributed by atoms with Gasteiger partial charge in [-0.2, -0.15) is 13.2 Å². The molecule has 0 rings (SSSR count). The van der Waals surface area contributed by atoms with Crippen molar-refractivity contribution >= 4 is 0 Å². The molecule has 0 aromatic rings. The zero-order valence-electron chi connectivity index (χ0n) is 8.58. The van der Waals surface area contributed by atoms with E-state index in [9.17, 15) is 13.2 Å². The Bertz CT molecular complexity index is 126. The summed E-state index contributed by atoms with van der Waals surface area (Å²) in [6.45, 7) is 3.37. The summed E-state index contributed by atoms with van der Waals surface area (Å²) in [5.74, 6) is 0. The summed E-state index contributed by atoms with van der Waals surface area (Å²) >= 11 is 0. The fraction of sp³-hybridized carbons (Fsp3) is 1.00. The molecule has 0 aromatic heterocycles. The standard InChI is InChI=1S/C9H19F3N2/c1-2-3-5-13-6-4-7-14-8-9(10,11)12/h13-14H,2-8H2,1H3. The monoisotopic (exact) mass is 212 g/mol. The van der Waals surface area contributed by atoms with Crippen molar-refractivity contribution in [3.8, 4) is 0 Å². The summed E-state index contributed by atoms with van der Waals surface area (Å²) in [6, 6.07) is 0. The van der Waals surface area contributed by atoms with Gasteiger partial charge in [0.2, 0.25) is 0 Å². The molecule has 0 unspecified atom stereocenters. The molecule has 0 saturated heterocycles. The van der Waals surface area contributed by atoms with E-state index in [1.54, 1.807) is 0 Å². The van der Waals surface area contributed by atoms with Crippen LogP contribution in [0.5, 0.6) is 0 Å². The minimum absolute atomic E-state index is 0.415. The lowest BCUT2D eigenvalue weighted by Gasteiger charge is -2.08. The first-order chi connectivity index (χ1) is 6.56. The van der Waals surface area contributed by atoms with Crippen LogP contribution < -0.4 is 10.6 Å². The van der Waals surface area contributed by atoms with E-state index in [4.69, 9.17) is 0 Å². The van der Waals surface area contributed by atoms with Crippen molar-refractivity contribution in [2.45, 2.75) is 32.4 Å². The first-order valence-electron chi connectivity index (χ1n) is 5.04. The highest BCUT2D eigenvalue weighted by Crippen LogP contribution is 2.11. The third kappa shape index (κ3) is 11.7. The van der Waals surface area contributed by atoms with Crippen LogP contribution in [0, 0.1) is 0 Å². The molecule has 14 heavy (non-hydrogen) atoms. The van der Waals surface area contributed by atoms with Gasteiger partial charge in [0.25, 0.3) is 0 Å². The lowest BCUT2D eigenvalue weighted by molar-refractivity contribution is -0.124. The second kappa shape index (κ2) is 8.05. The number of rotatable bonds is 8. The molecule has 0 radical (unpaired) electrons. The van der Waals surface area contributed by atoms with Crippen LogP contribution in [0.3, 0.4) is 0 Å². The fourth-order valence-corrected chi connectivity index (χ4v) is 0.995. The van der Waals surface area contributed by atoms with Crippen LogP contribution in [0.2, 0.25) is 0 Å². The first-order valence-corrected chi connectivity index (χ1v) is 5.04. The van der Waals surface area contributed by atoms with Gasteiger partial charge in [0.1, 0.15) is 0 Å². The Morgan fingerprint density at radius 3 is 2.07 bits per heavy atom. The molecule has 0 heterocycles. The van der Waals surface area contributed by atoms with Crippen molar-refractivity contribution in [1.29, 1.82) is 0 Å². The molecule has 0 fully saturated rings. The Morgan fingerprint density at radius 2 is 1.50 bits per heavy atom. The van der Waals surface area contributed by atoms with Crippen LogP contribution in [-0.4, -0.2) is 32.4 Å². The molecule has 0 aliphatic carbocycles. The van der Waals surface area contributed by atoms with Gasteiger partial charge in [-0.05, 0) is 32.5 Å². The van der Waals surface area contributed by atoms with Crippen LogP contribution in [0.4, 0.5) is 13.2 Å². The zero-order chi connectivity index (χ0) is 10.9. The minimum Gasteiger partial charge on any atom is -0.317 e. The Kier molecular flexibility index (Phi) is 7.89. The van der Waals surface area contributed by atoms with E-state index in [1.807, 2.05) is 0 Å². The Balaban J connectivity index is 2.99. The molecule has 0 aromatic carbocycles. The number of alkyl halides is 3. The molecule has 0 aliphatic rings. The first kappa shape index (κ1) is 13.7. The van der Waals surface area contributed by atoms with Crippen molar-refractivity contribution in [2.24, 2.45) is 0 Å². The normalized spacial score (nSPS) is 12.0. The molecular weight excluding hydrogens is 193 g/mol. The highest BCUT2D eigenvalue weighted by Gasteiger charge is 2.25. The number of nitrogens with one attached hydrogen (secondary N) is 2. The fourth-order valence-electron chi connectivity index (χ4n) is 0.995. The Morgan fingerprint density at radius 1 is 0.929 bits per heavy atom. The maximum Gasteiger partial charge on any atom is 0.401 e. The van der Waals surface area contributed by atoms with Crippen LogP contribution in [0.25, 0.3) is 0 Å². The maximum absolute atomic E-state index is 11.7. The molecule has 0 aliphatic heterocycles. The molecular formula is C9H19F3N2. The average Bonchev–Trinajstić information content (AvgIpc) is 2.08. The lowest BCUT2D eigenvalue weighted by atomic mass is 10.3. The van der Waals surface area contributed by atoms with Crippen molar-refractivity contribution in [3.63, 3.8) is 0 Å². The average molecular weight is 212 g/mol. The molecule has 0 saturated carbocycles. The van der Waals surface area contributed by atoms with Crippen LogP contribution in [0.15, 0.2) is 0 Å². The predicted octanol–water partition coefficient (Wildman–Crippen LogP) is 1.92. The van der Waals surface area contributed by atoms with E-state index < -0.39 is 12.7 Å². The van der Waals surface area contributed by atoms with E-state index in [0.717, 1.165) is 32.4 Å². The zero-order valence-corrected chi connectivity index (χ0v) is 8.58. The van der Waals surface area contributed by atoms with E-state index in [-0.39, 0.29) is 0 Å². The van der Waals surface area contributed by atoms with E-state index in [1.165, 1.54) is 0 Å².